The van der Waals surface area contributed by atoms with Crippen LogP contribution in [0.5, 0.6) is 0 Å². The number of allylic oxidation sites excluding steroid dienone is 1. The maximum Gasteiger partial charge on any atom is 0.113 e. The molecule has 0 aliphatic heterocycles. The summed E-state index contributed by atoms with van der Waals surface area (Å²) in [6, 6.07) is 28.9. The second-order valence-corrected chi connectivity index (χ2v) is 6.77. The van der Waals surface area contributed by atoms with Crippen LogP contribution in [0.4, 0.5) is 0 Å². The Morgan fingerprint density at radius 1 is 0.821 bits per heavy atom. The van der Waals surface area contributed by atoms with Gasteiger partial charge in [0.25, 0.3) is 0 Å². The van der Waals surface area contributed by atoms with Crippen LogP contribution in [0.25, 0.3) is 22.3 Å². The smallest absolute Gasteiger partial charge is 0.113 e. The molecule has 138 valence electrons. The Hall–Kier alpha value is -3.42. The van der Waals surface area contributed by atoms with Gasteiger partial charge in [-0.05, 0) is 36.1 Å². The second kappa shape index (κ2) is 8.51. The summed E-state index contributed by atoms with van der Waals surface area (Å²) >= 11 is 0. The van der Waals surface area contributed by atoms with Gasteiger partial charge in [0.05, 0.1) is 11.2 Å². The first kappa shape index (κ1) is 18.0. The molecule has 3 heteroatoms. The third-order valence-corrected chi connectivity index (χ3v) is 4.77. The zero-order chi connectivity index (χ0) is 19.2. The fourth-order valence-corrected chi connectivity index (χ4v) is 3.30. The van der Waals surface area contributed by atoms with E-state index in [1.54, 1.807) is 0 Å². The van der Waals surface area contributed by atoms with E-state index in [0.717, 1.165) is 52.7 Å². The monoisotopic (exact) mass is 365 g/mol. The molecule has 4 rings (SSSR count). The summed E-state index contributed by atoms with van der Waals surface area (Å²) in [5.41, 5.74) is 10.0. The number of aromatic nitrogens is 3. The van der Waals surface area contributed by atoms with Crippen molar-refractivity contribution in [3.63, 3.8) is 0 Å². The predicted octanol–water partition coefficient (Wildman–Crippen LogP) is 6.19. The maximum atomic E-state index is 4.44. The lowest BCUT2D eigenvalue weighted by Gasteiger charge is -2.09. The SMILES string of the molecule is CCCCC(=C=C(c1ccccc1)c1ccccc1)n1nnc2ccccc21. The standard InChI is InChI=1S/C25H23N3/c1-2-3-16-22(28-25-18-11-10-17-24(25)26-27-28)19-23(20-12-6-4-7-13-20)21-14-8-5-9-15-21/h4-15,17-18H,2-3,16H2,1H3. The van der Waals surface area contributed by atoms with Crippen molar-refractivity contribution in [2.45, 2.75) is 26.2 Å². The van der Waals surface area contributed by atoms with Crippen molar-refractivity contribution >= 4 is 22.3 Å². The van der Waals surface area contributed by atoms with Gasteiger partial charge in [0.1, 0.15) is 5.52 Å². The van der Waals surface area contributed by atoms with Crippen LogP contribution in [0.2, 0.25) is 0 Å². The predicted molar refractivity (Wildman–Crippen MR) is 116 cm³/mol. The molecule has 0 saturated heterocycles. The van der Waals surface area contributed by atoms with Gasteiger partial charge >= 0.3 is 0 Å². The zero-order valence-corrected chi connectivity index (χ0v) is 16.0. The lowest BCUT2D eigenvalue weighted by atomic mass is 9.98. The number of hydrogen-bond donors (Lipinski definition) is 0. The van der Waals surface area contributed by atoms with Crippen LogP contribution in [0, 0.1) is 0 Å². The topological polar surface area (TPSA) is 30.7 Å². The number of rotatable bonds is 6. The molecule has 0 radical (unpaired) electrons. The summed E-state index contributed by atoms with van der Waals surface area (Å²) in [6.07, 6.45) is 3.09. The Balaban J connectivity index is 1.98. The largest absolute Gasteiger partial charge is 0.209 e. The van der Waals surface area contributed by atoms with E-state index in [1.165, 1.54) is 0 Å². The van der Waals surface area contributed by atoms with E-state index in [0.29, 0.717) is 0 Å². The molecule has 0 atom stereocenters. The van der Waals surface area contributed by atoms with Crippen LogP contribution < -0.4 is 0 Å². The summed E-state index contributed by atoms with van der Waals surface area (Å²) < 4.78 is 1.94. The summed E-state index contributed by atoms with van der Waals surface area (Å²) in [6.45, 7) is 2.20. The molecule has 0 amide bonds. The Morgan fingerprint density at radius 2 is 1.43 bits per heavy atom. The van der Waals surface area contributed by atoms with Crippen LogP contribution >= 0.6 is 0 Å². The van der Waals surface area contributed by atoms with Gasteiger partial charge in [-0.1, -0.05) is 97.1 Å². The lowest BCUT2D eigenvalue weighted by Crippen LogP contribution is -2.00. The highest BCUT2D eigenvalue weighted by Crippen LogP contribution is 2.25. The molecule has 28 heavy (non-hydrogen) atoms. The molecule has 0 bridgehead atoms. The number of unbranched alkanes of at least 4 members (excludes halogenated alkanes) is 1. The molecule has 0 N–H and O–H groups in total. The Labute approximate surface area is 165 Å². The van der Waals surface area contributed by atoms with E-state index in [-0.39, 0.29) is 0 Å². The van der Waals surface area contributed by atoms with Crippen LogP contribution in [-0.2, 0) is 0 Å². The summed E-state index contributed by atoms with van der Waals surface area (Å²) in [5.74, 6) is 0. The van der Waals surface area contributed by atoms with Crippen molar-refractivity contribution in [3.8, 4) is 0 Å². The first-order valence-electron chi connectivity index (χ1n) is 9.78. The van der Waals surface area contributed by atoms with Crippen LogP contribution in [0.15, 0.2) is 90.7 Å². The van der Waals surface area contributed by atoms with Crippen LogP contribution in [-0.4, -0.2) is 15.0 Å². The second-order valence-electron chi connectivity index (χ2n) is 6.77. The average Bonchev–Trinajstić information content (AvgIpc) is 3.19. The lowest BCUT2D eigenvalue weighted by molar-refractivity contribution is 0.755. The van der Waals surface area contributed by atoms with Crippen molar-refractivity contribution in [3.05, 3.63) is 102 Å². The molecule has 0 aliphatic carbocycles. The molecule has 4 aromatic rings. The molecule has 0 aliphatic rings. The van der Waals surface area contributed by atoms with Crippen LogP contribution in [0.1, 0.15) is 37.3 Å². The van der Waals surface area contributed by atoms with E-state index in [9.17, 15) is 0 Å². The van der Waals surface area contributed by atoms with Crippen molar-refractivity contribution in [2.75, 3.05) is 0 Å². The van der Waals surface area contributed by atoms with E-state index in [2.05, 4.69) is 77.6 Å². The normalized spacial score (nSPS) is 10.6. The molecule has 3 aromatic carbocycles. The van der Waals surface area contributed by atoms with Crippen molar-refractivity contribution in [2.24, 2.45) is 0 Å². The Bertz CT molecular complexity index is 1080. The fourth-order valence-electron chi connectivity index (χ4n) is 3.30. The minimum Gasteiger partial charge on any atom is -0.209 e. The summed E-state index contributed by atoms with van der Waals surface area (Å²) in [5, 5.41) is 8.79. The van der Waals surface area contributed by atoms with Crippen molar-refractivity contribution < 1.29 is 0 Å². The molecule has 0 saturated carbocycles. The highest BCUT2D eigenvalue weighted by molar-refractivity contribution is 5.83. The third-order valence-electron chi connectivity index (χ3n) is 4.77. The highest BCUT2D eigenvalue weighted by Gasteiger charge is 2.10. The van der Waals surface area contributed by atoms with E-state index in [4.69, 9.17) is 0 Å². The van der Waals surface area contributed by atoms with E-state index < -0.39 is 0 Å². The van der Waals surface area contributed by atoms with Gasteiger partial charge in [0.2, 0.25) is 0 Å². The number of benzene rings is 3. The third kappa shape index (κ3) is 3.80. The highest BCUT2D eigenvalue weighted by atomic mass is 15.4. The Kier molecular flexibility index (Phi) is 5.46. The van der Waals surface area contributed by atoms with Gasteiger partial charge in [0, 0.05) is 5.57 Å². The van der Waals surface area contributed by atoms with E-state index in [1.807, 2.05) is 35.0 Å². The summed E-state index contributed by atoms with van der Waals surface area (Å²) in [4.78, 5) is 0. The molecule has 0 fully saturated rings. The molecule has 1 aromatic heterocycles. The quantitative estimate of drug-likeness (QED) is 0.381. The molecule has 0 unspecified atom stereocenters. The van der Waals surface area contributed by atoms with Crippen LogP contribution in [0.3, 0.4) is 0 Å². The van der Waals surface area contributed by atoms with Gasteiger partial charge in [0.15, 0.2) is 0 Å². The number of para-hydroxylation sites is 1. The van der Waals surface area contributed by atoms with Crippen molar-refractivity contribution in [1.82, 2.24) is 15.0 Å². The fraction of sp³-hybridized carbons (Fsp3) is 0.160. The minimum atomic E-state index is 0.896. The maximum absolute atomic E-state index is 4.44. The molecular weight excluding hydrogens is 342 g/mol. The molecule has 0 spiro atoms. The average molecular weight is 365 g/mol. The molecule has 1 heterocycles. The molecular formula is C25H23N3. The Morgan fingerprint density at radius 3 is 2.07 bits per heavy atom. The van der Waals surface area contributed by atoms with Gasteiger partial charge in [-0.2, -0.15) is 0 Å². The van der Waals surface area contributed by atoms with Gasteiger partial charge in [-0.25, -0.2) is 4.68 Å². The van der Waals surface area contributed by atoms with Gasteiger partial charge < -0.3 is 0 Å². The molecule has 3 nitrogen and oxygen atoms in total. The van der Waals surface area contributed by atoms with E-state index >= 15 is 0 Å². The number of nitrogens with zero attached hydrogens (tertiary/aromatic N) is 3. The van der Waals surface area contributed by atoms with Crippen molar-refractivity contribution in [1.29, 1.82) is 0 Å². The first-order chi connectivity index (χ1) is 13.9. The number of fused-ring (bicyclic) bond motifs is 1. The summed E-state index contributed by atoms with van der Waals surface area (Å²) in [7, 11) is 0. The van der Waals surface area contributed by atoms with Gasteiger partial charge in [-0.3, -0.25) is 0 Å². The number of hydrogen-bond acceptors (Lipinski definition) is 2. The first-order valence-corrected chi connectivity index (χ1v) is 9.78. The zero-order valence-electron chi connectivity index (χ0n) is 16.0. The minimum absolute atomic E-state index is 0.896. The van der Waals surface area contributed by atoms with Gasteiger partial charge in [-0.15, -0.1) is 5.10 Å².